The molecule has 1 fully saturated rings. The van der Waals surface area contributed by atoms with E-state index in [1.54, 1.807) is 0 Å². The van der Waals surface area contributed by atoms with Crippen molar-refractivity contribution in [1.82, 2.24) is 10.6 Å². The molecule has 0 aliphatic carbocycles. The van der Waals surface area contributed by atoms with Crippen LogP contribution in [0.3, 0.4) is 0 Å². The van der Waals surface area contributed by atoms with Crippen LogP contribution in [0.25, 0.3) is 0 Å². The minimum absolute atomic E-state index is 0.0807. The summed E-state index contributed by atoms with van der Waals surface area (Å²) in [5.74, 6) is 1.08. The van der Waals surface area contributed by atoms with E-state index in [0.29, 0.717) is 17.9 Å². The molecule has 3 nitrogen and oxygen atoms in total. The van der Waals surface area contributed by atoms with Crippen molar-refractivity contribution in [2.45, 2.75) is 18.9 Å². The van der Waals surface area contributed by atoms with Gasteiger partial charge in [0, 0.05) is 30.6 Å². The van der Waals surface area contributed by atoms with Crippen LogP contribution in [0, 0.1) is 5.92 Å². The van der Waals surface area contributed by atoms with Gasteiger partial charge in [0.2, 0.25) is 0 Å². The van der Waals surface area contributed by atoms with Gasteiger partial charge in [-0.1, -0.05) is 18.2 Å². The number of hydrogen-bond acceptors (Lipinski definition) is 2. The van der Waals surface area contributed by atoms with Crippen LogP contribution in [-0.2, 0) is 0 Å². The van der Waals surface area contributed by atoms with E-state index in [1.807, 2.05) is 18.2 Å². The first-order chi connectivity index (χ1) is 7.77. The Morgan fingerprint density at radius 2 is 2.06 bits per heavy atom. The van der Waals surface area contributed by atoms with Crippen molar-refractivity contribution in [1.29, 1.82) is 0 Å². The largest absolute Gasteiger partial charge is 0.352 e. The highest BCUT2D eigenvalue weighted by Gasteiger charge is 2.38. The molecule has 16 heavy (non-hydrogen) atoms. The van der Waals surface area contributed by atoms with E-state index >= 15 is 0 Å². The van der Waals surface area contributed by atoms with Gasteiger partial charge in [-0.2, -0.15) is 0 Å². The van der Waals surface area contributed by atoms with Gasteiger partial charge < -0.3 is 10.6 Å². The summed E-state index contributed by atoms with van der Waals surface area (Å²) in [6.07, 6.45) is 0. The lowest BCUT2D eigenvalue weighted by Crippen LogP contribution is -2.28. The Morgan fingerprint density at radius 1 is 1.25 bits per heavy atom. The van der Waals surface area contributed by atoms with Crippen molar-refractivity contribution in [2.24, 2.45) is 5.92 Å². The van der Waals surface area contributed by atoms with Crippen LogP contribution in [-0.4, -0.2) is 25.0 Å². The predicted octanol–water partition coefficient (Wildman–Crippen LogP) is 1.12. The first kappa shape index (κ1) is 9.85. The third-order valence-electron chi connectivity index (χ3n) is 3.84. The van der Waals surface area contributed by atoms with E-state index in [0.717, 1.165) is 18.7 Å². The lowest BCUT2D eigenvalue weighted by atomic mass is 9.83. The smallest absolute Gasteiger partial charge is 0.251 e. The molecule has 1 aromatic rings. The maximum Gasteiger partial charge on any atom is 0.251 e. The highest BCUT2D eigenvalue weighted by molar-refractivity contribution is 5.96. The topological polar surface area (TPSA) is 41.1 Å². The predicted molar refractivity (Wildman–Crippen MR) is 62.5 cm³/mol. The van der Waals surface area contributed by atoms with Gasteiger partial charge in [0.05, 0.1) is 0 Å². The number of carbonyl (C=O) groups is 1. The van der Waals surface area contributed by atoms with Crippen LogP contribution in [0.4, 0.5) is 0 Å². The maximum absolute atomic E-state index is 11.9. The molecule has 84 valence electrons. The standard InChI is InChI=1S/C13H16N2O/c1-8-12-9(6-14-8)7-15-13(16)11-5-3-2-4-10(11)12/h2-5,8-9,12,14H,6-7H2,1H3,(H,15,16). The Bertz CT molecular complexity index is 430. The van der Waals surface area contributed by atoms with Crippen LogP contribution in [0.1, 0.15) is 28.8 Å². The molecule has 1 amide bonds. The molecule has 0 radical (unpaired) electrons. The SMILES string of the molecule is CC1NCC2CNC(=O)c3ccccc3C21. The monoisotopic (exact) mass is 216 g/mol. The van der Waals surface area contributed by atoms with Gasteiger partial charge in [-0.05, 0) is 24.5 Å². The number of rotatable bonds is 0. The minimum atomic E-state index is 0.0807. The van der Waals surface area contributed by atoms with Gasteiger partial charge in [-0.15, -0.1) is 0 Å². The average Bonchev–Trinajstić information content (AvgIpc) is 2.60. The Morgan fingerprint density at radius 3 is 2.94 bits per heavy atom. The summed E-state index contributed by atoms with van der Waals surface area (Å²) in [6.45, 7) is 3.99. The molecule has 3 rings (SSSR count). The lowest BCUT2D eigenvalue weighted by Gasteiger charge is -2.20. The van der Waals surface area contributed by atoms with Crippen LogP contribution in [0.5, 0.6) is 0 Å². The molecule has 1 aromatic carbocycles. The van der Waals surface area contributed by atoms with E-state index in [2.05, 4.69) is 23.6 Å². The van der Waals surface area contributed by atoms with Gasteiger partial charge in [-0.25, -0.2) is 0 Å². The molecule has 0 saturated carbocycles. The van der Waals surface area contributed by atoms with Crippen LogP contribution in [0.2, 0.25) is 0 Å². The summed E-state index contributed by atoms with van der Waals surface area (Å²) in [7, 11) is 0. The average molecular weight is 216 g/mol. The quantitative estimate of drug-likeness (QED) is 0.682. The summed E-state index contributed by atoms with van der Waals surface area (Å²) in [6, 6.07) is 8.45. The zero-order valence-electron chi connectivity index (χ0n) is 9.36. The first-order valence-corrected chi connectivity index (χ1v) is 5.88. The van der Waals surface area contributed by atoms with Crippen LogP contribution < -0.4 is 10.6 Å². The fourth-order valence-corrected chi connectivity index (χ4v) is 3.04. The number of fused-ring (bicyclic) bond motifs is 3. The molecule has 2 N–H and O–H groups in total. The fourth-order valence-electron chi connectivity index (χ4n) is 3.04. The van der Waals surface area contributed by atoms with Crippen molar-refractivity contribution in [3.05, 3.63) is 35.4 Å². The Kier molecular flexibility index (Phi) is 2.21. The number of benzene rings is 1. The summed E-state index contributed by atoms with van der Waals surface area (Å²) < 4.78 is 0. The summed E-state index contributed by atoms with van der Waals surface area (Å²) in [4.78, 5) is 11.9. The van der Waals surface area contributed by atoms with Gasteiger partial charge in [0.15, 0.2) is 0 Å². The summed E-state index contributed by atoms with van der Waals surface area (Å²) in [5.41, 5.74) is 2.06. The highest BCUT2D eigenvalue weighted by atomic mass is 16.1. The Balaban J connectivity index is 2.13. The Hall–Kier alpha value is -1.35. The second kappa shape index (κ2) is 3.59. The fraction of sp³-hybridized carbons (Fsp3) is 0.462. The molecule has 1 saturated heterocycles. The van der Waals surface area contributed by atoms with Crippen molar-refractivity contribution in [3.8, 4) is 0 Å². The van der Waals surface area contributed by atoms with E-state index < -0.39 is 0 Å². The lowest BCUT2D eigenvalue weighted by molar-refractivity contribution is 0.0952. The highest BCUT2D eigenvalue weighted by Crippen LogP contribution is 2.35. The third kappa shape index (κ3) is 1.35. The number of hydrogen-bond donors (Lipinski definition) is 2. The van der Waals surface area contributed by atoms with E-state index in [-0.39, 0.29) is 5.91 Å². The maximum atomic E-state index is 11.9. The molecule has 3 unspecified atom stereocenters. The van der Waals surface area contributed by atoms with Gasteiger partial charge in [-0.3, -0.25) is 4.79 Å². The number of carbonyl (C=O) groups excluding carboxylic acids is 1. The van der Waals surface area contributed by atoms with Crippen molar-refractivity contribution in [3.63, 3.8) is 0 Å². The summed E-state index contributed by atoms with van der Waals surface area (Å²) >= 11 is 0. The first-order valence-electron chi connectivity index (χ1n) is 5.88. The molecule has 3 heteroatoms. The van der Waals surface area contributed by atoms with Gasteiger partial charge in [0.1, 0.15) is 0 Å². The van der Waals surface area contributed by atoms with Gasteiger partial charge in [0.25, 0.3) is 5.91 Å². The van der Waals surface area contributed by atoms with E-state index in [1.165, 1.54) is 5.56 Å². The second-order valence-electron chi connectivity index (χ2n) is 4.78. The van der Waals surface area contributed by atoms with Crippen molar-refractivity contribution >= 4 is 5.91 Å². The molecule has 0 bridgehead atoms. The zero-order valence-corrected chi connectivity index (χ0v) is 9.36. The summed E-state index contributed by atoms with van der Waals surface area (Å²) in [5, 5.41) is 6.51. The molecular formula is C13H16N2O. The van der Waals surface area contributed by atoms with E-state index in [4.69, 9.17) is 0 Å². The Labute approximate surface area is 95.2 Å². The number of amides is 1. The van der Waals surface area contributed by atoms with Crippen LogP contribution in [0.15, 0.2) is 24.3 Å². The van der Waals surface area contributed by atoms with Crippen molar-refractivity contribution < 1.29 is 4.79 Å². The molecule has 0 aromatic heterocycles. The molecule has 2 aliphatic heterocycles. The molecule has 2 heterocycles. The number of nitrogens with one attached hydrogen (secondary N) is 2. The third-order valence-corrected chi connectivity index (χ3v) is 3.84. The minimum Gasteiger partial charge on any atom is -0.352 e. The zero-order chi connectivity index (χ0) is 11.1. The molecule has 2 aliphatic rings. The van der Waals surface area contributed by atoms with Crippen molar-refractivity contribution in [2.75, 3.05) is 13.1 Å². The van der Waals surface area contributed by atoms with Gasteiger partial charge >= 0.3 is 0 Å². The normalized spacial score (nSPS) is 32.6. The molecular weight excluding hydrogens is 200 g/mol. The molecule has 0 spiro atoms. The second-order valence-corrected chi connectivity index (χ2v) is 4.78. The van der Waals surface area contributed by atoms with E-state index in [9.17, 15) is 4.79 Å². The molecule has 3 atom stereocenters. The van der Waals surface area contributed by atoms with Crippen LogP contribution >= 0.6 is 0 Å².